The number of carbonyl (C=O) groups is 1. The summed E-state index contributed by atoms with van der Waals surface area (Å²) in [5, 5.41) is 16.4. The third-order valence-electron chi connectivity index (χ3n) is 2.18. The second-order valence-corrected chi connectivity index (χ2v) is 4.93. The van der Waals surface area contributed by atoms with Crippen molar-refractivity contribution < 1.29 is 14.7 Å². The lowest BCUT2D eigenvalue weighted by Gasteiger charge is -2.06. The van der Waals surface area contributed by atoms with Gasteiger partial charge in [0.15, 0.2) is 0 Å². The van der Waals surface area contributed by atoms with Gasteiger partial charge in [-0.2, -0.15) is 11.3 Å². The van der Waals surface area contributed by atoms with E-state index < -0.39 is 12.6 Å². The molecule has 0 aromatic carbocycles. The van der Waals surface area contributed by atoms with E-state index >= 15 is 0 Å². The Morgan fingerprint density at radius 1 is 1.59 bits per heavy atom. The predicted octanol–water partition coefficient (Wildman–Crippen LogP) is 2.99. The highest BCUT2D eigenvalue weighted by Gasteiger charge is 2.07. The summed E-state index contributed by atoms with van der Waals surface area (Å²) in [7, 11) is 0. The van der Waals surface area contributed by atoms with Gasteiger partial charge in [0.2, 0.25) is 6.61 Å². The molecule has 1 aromatic rings. The molecular formula is C12H17NO3S. The van der Waals surface area contributed by atoms with Crippen molar-refractivity contribution in [1.82, 2.24) is 0 Å². The van der Waals surface area contributed by atoms with E-state index in [1.807, 2.05) is 16.8 Å². The number of carboxylic acid groups (broad SMARTS) is 1. The molecule has 0 aliphatic heterocycles. The van der Waals surface area contributed by atoms with E-state index in [-0.39, 0.29) is 0 Å². The topological polar surface area (TPSA) is 58.9 Å². The van der Waals surface area contributed by atoms with Gasteiger partial charge in [0.25, 0.3) is 0 Å². The Morgan fingerprint density at radius 3 is 2.88 bits per heavy atom. The third-order valence-corrected chi connectivity index (χ3v) is 2.86. The summed E-state index contributed by atoms with van der Waals surface area (Å²) in [6, 6.07) is 1.97. The van der Waals surface area contributed by atoms with Crippen molar-refractivity contribution in [3.8, 4) is 0 Å². The molecule has 0 fully saturated rings. The van der Waals surface area contributed by atoms with E-state index in [1.165, 1.54) is 0 Å². The van der Waals surface area contributed by atoms with E-state index in [0.717, 1.165) is 24.1 Å². The molecule has 1 N–H and O–H groups in total. The molecule has 1 aromatic heterocycles. The van der Waals surface area contributed by atoms with Crippen LogP contribution in [0.4, 0.5) is 0 Å². The molecule has 0 unspecified atom stereocenters. The number of oxime groups is 1. The lowest BCUT2D eigenvalue weighted by molar-refractivity contribution is -0.142. The Kier molecular flexibility index (Phi) is 5.69. The predicted molar refractivity (Wildman–Crippen MR) is 68.5 cm³/mol. The molecule has 0 amide bonds. The largest absolute Gasteiger partial charge is 0.479 e. The highest BCUT2D eigenvalue weighted by atomic mass is 32.1. The molecule has 94 valence electrons. The molecule has 4 nitrogen and oxygen atoms in total. The van der Waals surface area contributed by atoms with E-state index in [2.05, 4.69) is 19.0 Å². The zero-order valence-electron chi connectivity index (χ0n) is 10.0. The molecule has 0 spiro atoms. The first kappa shape index (κ1) is 13.7. The highest BCUT2D eigenvalue weighted by molar-refractivity contribution is 7.08. The van der Waals surface area contributed by atoms with E-state index in [0.29, 0.717) is 5.92 Å². The Hall–Kier alpha value is -1.36. The van der Waals surface area contributed by atoms with Crippen LogP contribution in [-0.4, -0.2) is 23.4 Å². The van der Waals surface area contributed by atoms with Gasteiger partial charge in [0.1, 0.15) is 0 Å². The maximum absolute atomic E-state index is 10.3. The monoisotopic (exact) mass is 255 g/mol. The zero-order valence-corrected chi connectivity index (χ0v) is 10.9. The van der Waals surface area contributed by atoms with Crippen LogP contribution in [0.1, 0.15) is 32.3 Å². The second-order valence-electron chi connectivity index (χ2n) is 4.15. The van der Waals surface area contributed by atoms with Crippen molar-refractivity contribution in [2.24, 2.45) is 11.1 Å². The van der Waals surface area contributed by atoms with Gasteiger partial charge in [-0.25, -0.2) is 4.79 Å². The van der Waals surface area contributed by atoms with Crippen molar-refractivity contribution in [1.29, 1.82) is 0 Å². The molecule has 0 saturated carbocycles. The lowest BCUT2D eigenvalue weighted by atomic mass is 10.0. The number of carboxylic acids is 1. The van der Waals surface area contributed by atoms with Crippen molar-refractivity contribution in [3.05, 3.63) is 22.4 Å². The van der Waals surface area contributed by atoms with Gasteiger partial charge in [-0.05, 0) is 35.6 Å². The smallest absolute Gasteiger partial charge is 0.344 e. The molecule has 1 rings (SSSR count). The summed E-state index contributed by atoms with van der Waals surface area (Å²) >= 11 is 1.59. The summed E-state index contributed by atoms with van der Waals surface area (Å²) in [5.41, 5.74) is 1.84. The van der Waals surface area contributed by atoms with Crippen LogP contribution in [0.5, 0.6) is 0 Å². The minimum atomic E-state index is -1.01. The molecule has 0 aliphatic carbocycles. The number of aliphatic carboxylic acids is 1. The first-order valence-electron chi connectivity index (χ1n) is 5.52. The Morgan fingerprint density at radius 2 is 2.35 bits per heavy atom. The van der Waals surface area contributed by atoms with Crippen LogP contribution >= 0.6 is 11.3 Å². The van der Waals surface area contributed by atoms with Gasteiger partial charge >= 0.3 is 5.97 Å². The van der Waals surface area contributed by atoms with Crippen LogP contribution in [0.25, 0.3) is 0 Å². The number of nitrogens with zero attached hydrogens (tertiary/aromatic N) is 1. The normalized spacial score (nSPS) is 11.8. The maximum atomic E-state index is 10.3. The number of hydrogen-bond acceptors (Lipinski definition) is 4. The SMILES string of the molecule is CC(C)CC/C(=N\OCC(=O)O)c1ccsc1. The van der Waals surface area contributed by atoms with E-state index in [9.17, 15) is 4.79 Å². The molecule has 0 saturated heterocycles. The Bertz CT molecular complexity index is 371. The molecular weight excluding hydrogens is 238 g/mol. The molecule has 0 bridgehead atoms. The minimum absolute atomic E-state index is 0.394. The quantitative estimate of drug-likeness (QED) is 0.602. The Balaban J connectivity index is 2.62. The molecule has 5 heteroatoms. The maximum Gasteiger partial charge on any atom is 0.344 e. The van der Waals surface area contributed by atoms with Gasteiger partial charge in [-0.15, -0.1) is 0 Å². The molecule has 17 heavy (non-hydrogen) atoms. The first-order valence-corrected chi connectivity index (χ1v) is 6.47. The summed E-state index contributed by atoms with van der Waals surface area (Å²) < 4.78 is 0. The fourth-order valence-electron chi connectivity index (χ4n) is 1.26. The summed E-state index contributed by atoms with van der Waals surface area (Å²) in [6.45, 7) is 3.89. The van der Waals surface area contributed by atoms with Crippen LogP contribution in [0.15, 0.2) is 22.0 Å². The summed E-state index contributed by atoms with van der Waals surface area (Å²) in [6.07, 6.45) is 1.80. The Labute approximate surface area is 105 Å². The van der Waals surface area contributed by atoms with E-state index in [4.69, 9.17) is 9.94 Å². The molecule has 0 radical (unpaired) electrons. The summed E-state index contributed by atoms with van der Waals surface area (Å²) in [5.74, 6) is -0.430. The second kappa shape index (κ2) is 7.06. The van der Waals surface area contributed by atoms with Gasteiger partial charge < -0.3 is 9.94 Å². The average Bonchev–Trinajstić information content (AvgIpc) is 2.75. The van der Waals surface area contributed by atoms with Crippen molar-refractivity contribution in [2.75, 3.05) is 6.61 Å². The van der Waals surface area contributed by atoms with Gasteiger partial charge in [0, 0.05) is 5.56 Å². The van der Waals surface area contributed by atoms with E-state index in [1.54, 1.807) is 11.3 Å². The van der Waals surface area contributed by atoms with Gasteiger partial charge in [0.05, 0.1) is 5.71 Å². The fraction of sp³-hybridized carbons (Fsp3) is 0.500. The van der Waals surface area contributed by atoms with Gasteiger partial charge in [-0.3, -0.25) is 0 Å². The molecule has 0 atom stereocenters. The summed E-state index contributed by atoms with van der Waals surface area (Å²) in [4.78, 5) is 15.1. The molecule has 0 aliphatic rings. The number of hydrogen-bond donors (Lipinski definition) is 1. The first-order chi connectivity index (χ1) is 8.09. The number of thiophene rings is 1. The highest BCUT2D eigenvalue weighted by Crippen LogP contribution is 2.14. The van der Waals surface area contributed by atoms with Crippen LogP contribution in [-0.2, 0) is 9.63 Å². The van der Waals surface area contributed by atoms with Crippen molar-refractivity contribution in [3.63, 3.8) is 0 Å². The fourth-order valence-corrected chi connectivity index (χ4v) is 1.93. The third kappa shape index (κ3) is 5.49. The standard InChI is InChI=1S/C12H17NO3S/c1-9(2)3-4-11(10-5-6-17-8-10)13-16-7-12(14)15/h5-6,8-9H,3-4,7H2,1-2H3,(H,14,15)/b13-11+. The average molecular weight is 255 g/mol. The van der Waals surface area contributed by atoms with Crippen LogP contribution < -0.4 is 0 Å². The minimum Gasteiger partial charge on any atom is -0.479 e. The van der Waals surface area contributed by atoms with Crippen molar-refractivity contribution >= 4 is 23.0 Å². The van der Waals surface area contributed by atoms with Gasteiger partial charge in [-0.1, -0.05) is 19.0 Å². The van der Waals surface area contributed by atoms with Crippen molar-refractivity contribution in [2.45, 2.75) is 26.7 Å². The van der Waals surface area contributed by atoms with Crippen LogP contribution in [0.3, 0.4) is 0 Å². The van der Waals surface area contributed by atoms with Crippen LogP contribution in [0.2, 0.25) is 0 Å². The zero-order chi connectivity index (χ0) is 12.7. The lowest BCUT2D eigenvalue weighted by Crippen LogP contribution is -2.07. The van der Waals surface area contributed by atoms with Crippen LogP contribution in [0, 0.1) is 5.92 Å². The number of rotatable bonds is 7. The molecule has 1 heterocycles.